The summed E-state index contributed by atoms with van der Waals surface area (Å²) in [5.74, 6) is 1.34. The van der Waals surface area contributed by atoms with E-state index < -0.39 is 0 Å². The molecule has 2 amide bonds. The first kappa shape index (κ1) is 28.8. The molecule has 6 nitrogen and oxygen atoms in total. The fourth-order valence-electron chi connectivity index (χ4n) is 5.67. The number of thioether (sulfide) groups is 1. The molecule has 7 heteroatoms. The molecule has 1 saturated carbocycles. The first-order valence-corrected chi connectivity index (χ1v) is 15.2. The quantitative estimate of drug-likeness (QED) is 0.301. The highest BCUT2D eigenvalue weighted by molar-refractivity contribution is 8.04. The summed E-state index contributed by atoms with van der Waals surface area (Å²) in [5, 5.41) is 3.42. The van der Waals surface area contributed by atoms with E-state index >= 15 is 0 Å². The number of aryl methyl sites for hydroxylation is 1. The maximum atomic E-state index is 13.7. The molecule has 1 aliphatic carbocycles. The lowest BCUT2D eigenvalue weighted by Crippen LogP contribution is -2.50. The summed E-state index contributed by atoms with van der Waals surface area (Å²) in [6.45, 7) is 3.26. The third kappa shape index (κ3) is 6.79. The van der Waals surface area contributed by atoms with E-state index in [0.717, 1.165) is 28.9 Å². The monoisotopic (exact) mass is 570 g/mol. The van der Waals surface area contributed by atoms with Crippen molar-refractivity contribution in [3.05, 3.63) is 99.5 Å². The summed E-state index contributed by atoms with van der Waals surface area (Å²) in [6, 6.07) is 21.9. The van der Waals surface area contributed by atoms with E-state index in [4.69, 9.17) is 9.47 Å². The standard InChI is InChI=1S/C34H38N2O4S/c1-23-8-4-5-9-27(23)22-36-28-10-6-7-11-31(28)41-32(34(36)38)21-24-12-15-26(16-13-24)33(37)35-19-18-25-14-17-29(39-2)30(20-25)40-3/h4-5,8-9,12-17,20-21,28,31H,6-7,10-11,18-19,22H2,1-3H3,(H,35,37)/b32-21+. The molecule has 0 radical (unpaired) electrons. The Morgan fingerprint density at radius 2 is 1.76 bits per heavy atom. The molecule has 3 aromatic carbocycles. The third-order valence-corrected chi connectivity index (χ3v) is 9.44. The molecule has 2 atom stereocenters. The van der Waals surface area contributed by atoms with Crippen molar-refractivity contribution in [1.82, 2.24) is 10.2 Å². The summed E-state index contributed by atoms with van der Waals surface area (Å²) in [5.41, 5.74) is 4.99. The number of rotatable bonds is 9. The van der Waals surface area contributed by atoms with Gasteiger partial charge in [0.05, 0.1) is 19.1 Å². The highest BCUT2D eigenvalue weighted by Gasteiger charge is 2.40. The highest BCUT2D eigenvalue weighted by atomic mass is 32.2. The Hall–Kier alpha value is -3.71. The minimum Gasteiger partial charge on any atom is -0.493 e. The molecule has 2 aliphatic rings. The molecule has 1 N–H and O–H groups in total. The Morgan fingerprint density at radius 3 is 2.51 bits per heavy atom. The van der Waals surface area contributed by atoms with Crippen molar-refractivity contribution in [2.75, 3.05) is 20.8 Å². The topological polar surface area (TPSA) is 67.9 Å². The number of hydrogen-bond acceptors (Lipinski definition) is 5. The van der Waals surface area contributed by atoms with Crippen molar-refractivity contribution in [3.63, 3.8) is 0 Å². The Balaban J connectivity index is 1.24. The van der Waals surface area contributed by atoms with Crippen molar-refractivity contribution in [2.24, 2.45) is 0 Å². The molecule has 0 bridgehead atoms. The number of carbonyl (C=O) groups is 2. The maximum Gasteiger partial charge on any atom is 0.260 e. The van der Waals surface area contributed by atoms with Gasteiger partial charge in [-0.2, -0.15) is 0 Å². The molecule has 214 valence electrons. The van der Waals surface area contributed by atoms with Crippen LogP contribution in [0.15, 0.2) is 71.6 Å². The van der Waals surface area contributed by atoms with Gasteiger partial charge in [-0.3, -0.25) is 9.59 Å². The van der Waals surface area contributed by atoms with Gasteiger partial charge in [-0.25, -0.2) is 0 Å². The van der Waals surface area contributed by atoms with Crippen molar-refractivity contribution in [1.29, 1.82) is 0 Å². The van der Waals surface area contributed by atoms with E-state index in [-0.39, 0.29) is 17.9 Å². The van der Waals surface area contributed by atoms with Crippen molar-refractivity contribution >= 4 is 29.7 Å². The zero-order valence-electron chi connectivity index (χ0n) is 24.0. The number of nitrogens with zero attached hydrogens (tertiary/aromatic N) is 1. The normalized spacial score (nSPS) is 19.5. The first-order valence-electron chi connectivity index (χ1n) is 14.3. The van der Waals surface area contributed by atoms with Crippen LogP contribution < -0.4 is 14.8 Å². The van der Waals surface area contributed by atoms with Gasteiger partial charge in [-0.1, -0.05) is 55.3 Å². The number of carbonyl (C=O) groups excluding carboxylic acids is 2. The minimum absolute atomic E-state index is 0.110. The Morgan fingerprint density at radius 1 is 1.00 bits per heavy atom. The second-order valence-corrected chi connectivity index (χ2v) is 12.0. The van der Waals surface area contributed by atoms with E-state index in [1.807, 2.05) is 54.6 Å². The SMILES string of the molecule is COc1ccc(CCNC(=O)c2ccc(/C=C3/SC4CCCCC4N(Cc4ccccc4C)C3=O)cc2)cc1OC. The predicted molar refractivity (Wildman–Crippen MR) is 165 cm³/mol. The van der Waals surface area contributed by atoms with Crippen molar-refractivity contribution in [3.8, 4) is 11.5 Å². The van der Waals surface area contributed by atoms with Crippen molar-refractivity contribution < 1.29 is 19.1 Å². The predicted octanol–water partition coefficient (Wildman–Crippen LogP) is 6.41. The van der Waals surface area contributed by atoms with Gasteiger partial charge in [-0.15, -0.1) is 11.8 Å². The van der Waals surface area contributed by atoms with E-state index in [0.29, 0.717) is 41.8 Å². The summed E-state index contributed by atoms with van der Waals surface area (Å²) in [6.07, 6.45) is 7.25. The fraction of sp³-hybridized carbons (Fsp3) is 0.353. The third-order valence-electron chi connectivity index (χ3n) is 8.04. The van der Waals surface area contributed by atoms with Crippen LogP contribution in [0.25, 0.3) is 6.08 Å². The van der Waals surface area contributed by atoms with Gasteiger partial charge in [0.1, 0.15) is 0 Å². The molecule has 3 aromatic rings. The average molecular weight is 571 g/mol. The molecule has 0 spiro atoms. The average Bonchev–Trinajstić information content (AvgIpc) is 3.00. The molecule has 1 heterocycles. The van der Waals surface area contributed by atoms with Crippen LogP contribution in [0.3, 0.4) is 0 Å². The lowest BCUT2D eigenvalue weighted by atomic mass is 9.92. The summed E-state index contributed by atoms with van der Waals surface area (Å²) >= 11 is 1.74. The van der Waals surface area contributed by atoms with Crippen LogP contribution in [0.5, 0.6) is 11.5 Å². The number of methoxy groups -OCH3 is 2. The van der Waals surface area contributed by atoms with Crippen LogP contribution in [-0.2, 0) is 17.8 Å². The zero-order chi connectivity index (χ0) is 28.8. The molecule has 2 fully saturated rings. The Bertz CT molecular complexity index is 1420. The van der Waals surface area contributed by atoms with Gasteiger partial charge in [0, 0.05) is 29.9 Å². The summed E-state index contributed by atoms with van der Waals surface area (Å²) in [7, 11) is 3.22. The van der Waals surface area contributed by atoms with Crippen LogP contribution in [0, 0.1) is 6.92 Å². The number of hydrogen-bond donors (Lipinski definition) is 1. The molecule has 1 aliphatic heterocycles. The Kier molecular flexibility index (Phi) is 9.35. The van der Waals surface area contributed by atoms with E-state index in [1.54, 1.807) is 26.0 Å². The molecule has 2 unspecified atom stereocenters. The number of fused-ring (bicyclic) bond motifs is 1. The van der Waals surface area contributed by atoms with Gasteiger partial charge >= 0.3 is 0 Å². The van der Waals surface area contributed by atoms with Crippen LogP contribution in [0.4, 0.5) is 0 Å². The minimum atomic E-state index is -0.123. The molecular weight excluding hydrogens is 532 g/mol. The zero-order valence-corrected chi connectivity index (χ0v) is 24.8. The summed E-state index contributed by atoms with van der Waals surface area (Å²) in [4.78, 5) is 29.4. The molecule has 1 saturated heterocycles. The molecule has 0 aromatic heterocycles. The van der Waals surface area contributed by atoms with Crippen LogP contribution in [0.2, 0.25) is 0 Å². The van der Waals surface area contributed by atoms with Crippen LogP contribution >= 0.6 is 11.8 Å². The summed E-state index contributed by atoms with van der Waals surface area (Å²) < 4.78 is 10.7. The van der Waals surface area contributed by atoms with Gasteiger partial charge < -0.3 is 19.7 Å². The van der Waals surface area contributed by atoms with Crippen molar-refractivity contribution in [2.45, 2.75) is 56.9 Å². The van der Waals surface area contributed by atoms with Gasteiger partial charge in [-0.05, 0) is 78.8 Å². The number of amides is 2. The lowest BCUT2D eigenvalue weighted by Gasteiger charge is -2.44. The van der Waals surface area contributed by atoms with Crippen LogP contribution in [-0.4, -0.2) is 48.8 Å². The number of benzene rings is 3. The molecule has 5 rings (SSSR count). The van der Waals surface area contributed by atoms with E-state index in [9.17, 15) is 9.59 Å². The first-order chi connectivity index (χ1) is 20.0. The largest absolute Gasteiger partial charge is 0.493 e. The number of ether oxygens (including phenoxy) is 2. The molecule has 41 heavy (non-hydrogen) atoms. The van der Waals surface area contributed by atoms with Gasteiger partial charge in [0.2, 0.25) is 0 Å². The second-order valence-electron chi connectivity index (χ2n) is 10.7. The van der Waals surface area contributed by atoms with E-state index in [1.165, 1.54) is 24.0 Å². The van der Waals surface area contributed by atoms with Gasteiger partial charge in [0.15, 0.2) is 11.5 Å². The molecular formula is C34H38N2O4S. The Labute approximate surface area is 247 Å². The second kappa shape index (κ2) is 13.3. The smallest absolute Gasteiger partial charge is 0.260 e. The van der Waals surface area contributed by atoms with Crippen LogP contribution in [0.1, 0.15) is 58.3 Å². The van der Waals surface area contributed by atoms with E-state index in [2.05, 4.69) is 35.3 Å². The highest BCUT2D eigenvalue weighted by Crippen LogP contribution is 2.43. The fourth-order valence-corrected chi connectivity index (χ4v) is 7.15. The maximum absolute atomic E-state index is 13.7. The van der Waals surface area contributed by atoms with Gasteiger partial charge in [0.25, 0.3) is 11.8 Å². The number of nitrogens with one attached hydrogen (secondary N) is 1. The lowest BCUT2D eigenvalue weighted by molar-refractivity contribution is -0.130.